The van der Waals surface area contributed by atoms with E-state index in [0.29, 0.717) is 10.6 Å². The summed E-state index contributed by atoms with van der Waals surface area (Å²) >= 11 is 11.9. The minimum Gasteiger partial charge on any atom is -0.505 e. The lowest BCUT2D eigenvalue weighted by atomic mass is 10.1. The third kappa shape index (κ3) is 2.01. The molecule has 100 valence electrons. The van der Waals surface area contributed by atoms with Crippen molar-refractivity contribution >= 4 is 34.4 Å². The van der Waals surface area contributed by atoms with Gasteiger partial charge in [-0.25, -0.2) is 9.97 Å². The lowest BCUT2D eigenvalue weighted by Gasteiger charge is -2.10. The van der Waals surface area contributed by atoms with E-state index >= 15 is 0 Å². The Morgan fingerprint density at radius 1 is 1.00 bits per heavy atom. The Labute approximate surface area is 123 Å². The van der Waals surface area contributed by atoms with Gasteiger partial charge >= 0.3 is 0 Å². The van der Waals surface area contributed by atoms with Crippen molar-refractivity contribution in [1.82, 2.24) is 15.0 Å². The highest BCUT2D eigenvalue weighted by Crippen LogP contribution is 2.42. The van der Waals surface area contributed by atoms with E-state index in [0.717, 1.165) is 0 Å². The van der Waals surface area contributed by atoms with Crippen molar-refractivity contribution in [2.24, 2.45) is 0 Å². The van der Waals surface area contributed by atoms with Gasteiger partial charge in [0.1, 0.15) is 0 Å². The summed E-state index contributed by atoms with van der Waals surface area (Å²) in [4.78, 5) is 11.8. The van der Waals surface area contributed by atoms with Crippen molar-refractivity contribution in [3.05, 3.63) is 40.6 Å². The molecule has 0 aliphatic carbocycles. The van der Waals surface area contributed by atoms with Crippen LogP contribution in [0.3, 0.4) is 0 Å². The van der Waals surface area contributed by atoms with Crippen molar-refractivity contribution in [3.8, 4) is 22.8 Å². The molecule has 20 heavy (non-hydrogen) atoms. The van der Waals surface area contributed by atoms with E-state index in [1.165, 1.54) is 18.5 Å². The van der Waals surface area contributed by atoms with Crippen LogP contribution in [0.2, 0.25) is 10.0 Å². The summed E-state index contributed by atoms with van der Waals surface area (Å²) in [6.45, 7) is 0. The predicted molar refractivity (Wildman–Crippen MR) is 76.1 cm³/mol. The van der Waals surface area contributed by atoms with Gasteiger partial charge in [0.25, 0.3) is 0 Å². The molecule has 7 heteroatoms. The highest BCUT2D eigenvalue weighted by atomic mass is 35.5. The van der Waals surface area contributed by atoms with Crippen LogP contribution in [-0.2, 0) is 0 Å². The molecular weight excluding hydrogens is 301 g/mol. The van der Waals surface area contributed by atoms with Gasteiger partial charge in [0.05, 0.1) is 10.6 Å². The fraction of sp³-hybridized carbons (Fsp3) is 0. The number of hydrogen-bond donors (Lipinski definition) is 2. The molecule has 0 amide bonds. The average molecular weight is 308 g/mol. The van der Waals surface area contributed by atoms with Crippen molar-refractivity contribution < 1.29 is 10.2 Å². The standard InChI is InChI=1S/C13H7Cl2N3O2/c14-6-1-2-7(8(15)5-6)9-11(19)10-12(18-13(9)20)17-4-3-16-10/h1-5H,(H2,17,18,19,20). The molecule has 0 unspecified atom stereocenters. The molecule has 2 N–H and O–H groups in total. The smallest absolute Gasteiger partial charge is 0.224 e. The molecule has 2 heterocycles. The van der Waals surface area contributed by atoms with E-state index in [2.05, 4.69) is 15.0 Å². The van der Waals surface area contributed by atoms with Crippen LogP contribution in [0.5, 0.6) is 11.6 Å². The minimum absolute atomic E-state index is 0.0969. The number of hydrogen-bond acceptors (Lipinski definition) is 5. The summed E-state index contributed by atoms with van der Waals surface area (Å²) in [6, 6.07) is 4.70. The molecule has 0 spiro atoms. The van der Waals surface area contributed by atoms with E-state index in [1.807, 2.05) is 0 Å². The number of rotatable bonds is 1. The topological polar surface area (TPSA) is 79.1 Å². The van der Waals surface area contributed by atoms with Crippen molar-refractivity contribution in [3.63, 3.8) is 0 Å². The second-order valence-corrected chi connectivity index (χ2v) is 4.86. The van der Waals surface area contributed by atoms with Crippen LogP contribution in [0.1, 0.15) is 0 Å². The number of fused-ring (bicyclic) bond motifs is 1. The number of aromatic nitrogens is 3. The van der Waals surface area contributed by atoms with Gasteiger partial charge in [-0.3, -0.25) is 0 Å². The number of aromatic hydroxyl groups is 2. The van der Waals surface area contributed by atoms with E-state index in [1.54, 1.807) is 12.1 Å². The van der Waals surface area contributed by atoms with Crippen molar-refractivity contribution in [1.29, 1.82) is 0 Å². The Morgan fingerprint density at radius 3 is 2.50 bits per heavy atom. The Hall–Kier alpha value is -2.11. The van der Waals surface area contributed by atoms with Crippen LogP contribution in [-0.4, -0.2) is 25.2 Å². The van der Waals surface area contributed by atoms with Crippen LogP contribution < -0.4 is 0 Å². The normalized spacial score (nSPS) is 10.9. The molecule has 5 nitrogen and oxygen atoms in total. The van der Waals surface area contributed by atoms with Crippen molar-refractivity contribution in [2.45, 2.75) is 0 Å². The van der Waals surface area contributed by atoms with E-state index in [4.69, 9.17) is 23.2 Å². The second-order valence-electron chi connectivity index (χ2n) is 4.01. The molecule has 0 bridgehead atoms. The first-order valence-electron chi connectivity index (χ1n) is 5.56. The summed E-state index contributed by atoms with van der Waals surface area (Å²) < 4.78 is 0. The van der Waals surface area contributed by atoms with E-state index in [9.17, 15) is 10.2 Å². The first-order valence-corrected chi connectivity index (χ1v) is 6.31. The molecule has 3 rings (SSSR count). The van der Waals surface area contributed by atoms with Gasteiger partial charge in [0.2, 0.25) is 5.88 Å². The van der Waals surface area contributed by atoms with Gasteiger partial charge in [-0.05, 0) is 12.1 Å². The zero-order valence-corrected chi connectivity index (χ0v) is 11.4. The monoisotopic (exact) mass is 307 g/mol. The third-order valence-corrected chi connectivity index (χ3v) is 3.32. The Kier molecular flexibility index (Phi) is 3.08. The number of benzene rings is 1. The molecule has 0 saturated heterocycles. The predicted octanol–water partition coefficient (Wildman–Crippen LogP) is 3.41. The molecular formula is C13H7Cl2N3O2. The summed E-state index contributed by atoms with van der Waals surface area (Å²) in [5, 5.41) is 21.0. The van der Waals surface area contributed by atoms with E-state index < -0.39 is 0 Å². The van der Waals surface area contributed by atoms with Crippen LogP contribution >= 0.6 is 23.2 Å². The van der Waals surface area contributed by atoms with Gasteiger partial charge in [-0.15, -0.1) is 0 Å². The molecule has 0 radical (unpaired) electrons. The number of nitrogens with zero attached hydrogens (tertiary/aromatic N) is 3. The zero-order valence-electron chi connectivity index (χ0n) is 9.88. The Morgan fingerprint density at radius 2 is 1.75 bits per heavy atom. The largest absolute Gasteiger partial charge is 0.505 e. The van der Waals surface area contributed by atoms with E-state index in [-0.39, 0.29) is 33.4 Å². The van der Waals surface area contributed by atoms with Crippen LogP contribution in [0.25, 0.3) is 22.3 Å². The summed E-state index contributed by atoms with van der Waals surface area (Å²) in [6.07, 6.45) is 2.84. The molecule has 0 aliphatic rings. The maximum atomic E-state index is 10.3. The molecule has 2 aromatic heterocycles. The summed E-state index contributed by atoms with van der Waals surface area (Å²) in [7, 11) is 0. The molecule has 0 aliphatic heterocycles. The summed E-state index contributed by atoms with van der Waals surface area (Å²) in [5.41, 5.74) is 0.841. The van der Waals surface area contributed by atoms with Gasteiger partial charge in [0.15, 0.2) is 16.9 Å². The zero-order chi connectivity index (χ0) is 14.3. The lowest BCUT2D eigenvalue weighted by Crippen LogP contribution is -1.92. The van der Waals surface area contributed by atoms with Gasteiger partial charge in [-0.2, -0.15) is 4.98 Å². The van der Waals surface area contributed by atoms with Gasteiger partial charge in [0, 0.05) is 23.0 Å². The van der Waals surface area contributed by atoms with Gasteiger partial charge in [-0.1, -0.05) is 29.3 Å². The SMILES string of the molecule is Oc1nc2nccnc2c(O)c1-c1ccc(Cl)cc1Cl. The third-order valence-electron chi connectivity index (χ3n) is 2.78. The minimum atomic E-state index is -0.375. The second kappa shape index (κ2) is 4.77. The highest BCUT2D eigenvalue weighted by Gasteiger charge is 2.19. The first kappa shape index (κ1) is 12.9. The van der Waals surface area contributed by atoms with Crippen LogP contribution in [0.4, 0.5) is 0 Å². The molecule has 3 aromatic rings. The Balaban J connectivity index is 2.36. The Bertz CT molecular complexity index is 824. The van der Waals surface area contributed by atoms with Crippen molar-refractivity contribution in [2.75, 3.05) is 0 Å². The summed E-state index contributed by atoms with van der Waals surface area (Å²) in [5.74, 6) is -0.607. The number of pyridine rings is 1. The molecule has 0 fully saturated rings. The van der Waals surface area contributed by atoms with Gasteiger partial charge < -0.3 is 10.2 Å². The average Bonchev–Trinajstić information content (AvgIpc) is 2.41. The molecule has 1 aromatic carbocycles. The number of halogens is 2. The fourth-order valence-corrected chi connectivity index (χ4v) is 2.40. The van der Waals surface area contributed by atoms with Crippen LogP contribution in [0, 0.1) is 0 Å². The van der Waals surface area contributed by atoms with Crippen LogP contribution in [0.15, 0.2) is 30.6 Å². The molecule has 0 saturated carbocycles. The quantitative estimate of drug-likeness (QED) is 0.720. The lowest BCUT2D eigenvalue weighted by molar-refractivity contribution is 0.443. The first-order chi connectivity index (χ1) is 9.58. The fourth-order valence-electron chi connectivity index (χ4n) is 1.90. The highest BCUT2D eigenvalue weighted by molar-refractivity contribution is 6.36. The molecule has 0 atom stereocenters. The maximum Gasteiger partial charge on any atom is 0.224 e. The maximum absolute atomic E-state index is 10.3.